The first-order valence-corrected chi connectivity index (χ1v) is 5.28. The maximum Gasteiger partial charge on any atom is 0.253 e. The van der Waals surface area contributed by atoms with Crippen molar-refractivity contribution in [1.29, 1.82) is 0 Å². The van der Waals surface area contributed by atoms with Gasteiger partial charge in [0.2, 0.25) is 0 Å². The summed E-state index contributed by atoms with van der Waals surface area (Å²) >= 11 is 0. The van der Waals surface area contributed by atoms with Gasteiger partial charge in [-0.2, -0.15) is 0 Å². The molecule has 0 aromatic heterocycles. The highest BCUT2D eigenvalue weighted by Gasteiger charge is 2.24. The van der Waals surface area contributed by atoms with E-state index < -0.39 is 0 Å². The van der Waals surface area contributed by atoms with Crippen LogP contribution in [0, 0.1) is 6.92 Å². The Balaban J connectivity index is 2.11. The molecular formula is C12H16N2O. The van der Waals surface area contributed by atoms with Crippen LogP contribution in [0.1, 0.15) is 22.3 Å². The third kappa shape index (κ3) is 2.18. The molecule has 80 valence electrons. The van der Waals surface area contributed by atoms with E-state index in [1.54, 1.807) is 0 Å². The second-order valence-corrected chi connectivity index (χ2v) is 4.17. The van der Waals surface area contributed by atoms with E-state index in [-0.39, 0.29) is 11.9 Å². The maximum atomic E-state index is 12.0. The number of benzene rings is 1. The molecule has 1 aromatic rings. The first-order chi connectivity index (χ1) is 7.16. The zero-order valence-corrected chi connectivity index (χ0v) is 8.94. The number of carbonyl (C=O) groups excluding carboxylic acids is 1. The molecule has 15 heavy (non-hydrogen) atoms. The molecule has 1 saturated heterocycles. The zero-order chi connectivity index (χ0) is 10.8. The fourth-order valence-corrected chi connectivity index (χ4v) is 1.85. The molecule has 1 fully saturated rings. The van der Waals surface area contributed by atoms with Gasteiger partial charge in [0.1, 0.15) is 0 Å². The van der Waals surface area contributed by atoms with Crippen molar-refractivity contribution in [2.24, 2.45) is 5.73 Å². The molecule has 1 atom stereocenters. The van der Waals surface area contributed by atoms with Crippen LogP contribution in [0.3, 0.4) is 0 Å². The molecule has 0 aliphatic carbocycles. The average molecular weight is 204 g/mol. The van der Waals surface area contributed by atoms with E-state index >= 15 is 0 Å². The van der Waals surface area contributed by atoms with Gasteiger partial charge in [0.05, 0.1) is 0 Å². The predicted molar refractivity (Wildman–Crippen MR) is 59.7 cm³/mol. The number of carbonyl (C=O) groups is 1. The molecule has 1 heterocycles. The van der Waals surface area contributed by atoms with E-state index in [1.165, 1.54) is 5.56 Å². The number of hydrogen-bond acceptors (Lipinski definition) is 2. The summed E-state index contributed by atoms with van der Waals surface area (Å²) in [5.41, 5.74) is 7.70. The minimum atomic E-state index is 0.1000. The van der Waals surface area contributed by atoms with Crippen LogP contribution in [-0.4, -0.2) is 29.9 Å². The fraction of sp³-hybridized carbons (Fsp3) is 0.417. The molecule has 1 aromatic carbocycles. The lowest BCUT2D eigenvalue weighted by atomic mass is 10.1. The highest BCUT2D eigenvalue weighted by Crippen LogP contribution is 2.12. The van der Waals surface area contributed by atoms with E-state index in [4.69, 9.17) is 5.73 Å². The van der Waals surface area contributed by atoms with E-state index in [2.05, 4.69) is 0 Å². The van der Waals surface area contributed by atoms with Gasteiger partial charge in [-0.15, -0.1) is 0 Å². The number of rotatable bonds is 1. The first-order valence-electron chi connectivity index (χ1n) is 5.28. The van der Waals surface area contributed by atoms with Crippen molar-refractivity contribution in [1.82, 2.24) is 4.90 Å². The maximum absolute atomic E-state index is 12.0. The lowest BCUT2D eigenvalue weighted by Gasteiger charge is -2.15. The van der Waals surface area contributed by atoms with E-state index in [0.717, 1.165) is 18.5 Å². The molecular weight excluding hydrogens is 188 g/mol. The molecule has 3 nitrogen and oxygen atoms in total. The minimum absolute atomic E-state index is 0.1000. The van der Waals surface area contributed by atoms with E-state index in [9.17, 15) is 4.79 Å². The minimum Gasteiger partial charge on any atom is -0.337 e. The van der Waals surface area contributed by atoms with Gasteiger partial charge in [-0.1, -0.05) is 17.7 Å². The van der Waals surface area contributed by atoms with Gasteiger partial charge in [0, 0.05) is 24.7 Å². The summed E-state index contributed by atoms with van der Waals surface area (Å²) < 4.78 is 0. The molecule has 0 radical (unpaired) electrons. The van der Waals surface area contributed by atoms with Gasteiger partial charge in [0.15, 0.2) is 0 Å². The summed E-state index contributed by atoms with van der Waals surface area (Å²) in [6.07, 6.45) is 0.914. The lowest BCUT2D eigenvalue weighted by molar-refractivity contribution is 0.0791. The average Bonchev–Trinajstić information content (AvgIpc) is 2.65. The summed E-state index contributed by atoms with van der Waals surface area (Å²) in [6, 6.07) is 7.83. The third-order valence-electron chi connectivity index (χ3n) is 2.81. The van der Waals surface area contributed by atoms with Crippen LogP contribution in [0.5, 0.6) is 0 Å². The number of amides is 1. The quantitative estimate of drug-likeness (QED) is 0.746. The number of nitrogens with zero attached hydrogens (tertiary/aromatic N) is 1. The summed E-state index contributed by atoms with van der Waals surface area (Å²) in [5.74, 6) is 0.1000. The normalized spacial score (nSPS) is 20.7. The summed E-state index contributed by atoms with van der Waals surface area (Å²) in [4.78, 5) is 13.8. The molecule has 1 amide bonds. The Bertz CT molecular complexity index is 358. The van der Waals surface area contributed by atoms with Crippen molar-refractivity contribution >= 4 is 5.91 Å². The lowest BCUT2D eigenvalue weighted by Crippen LogP contribution is -2.31. The van der Waals surface area contributed by atoms with Gasteiger partial charge in [-0.25, -0.2) is 0 Å². The van der Waals surface area contributed by atoms with Crippen LogP contribution in [0.25, 0.3) is 0 Å². The van der Waals surface area contributed by atoms with Crippen LogP contribution in [0.2, 0.25) is 0 Å². The summed E-state index contributed by atoms with van der Waals surface area (Å²) in [5, 5.41) is 0. The Labute approximate surface area is 89.9 Å². The molecule has 3 heteroatoms. The van der Waals surface area contributed by atoms with Crippen LogP contribution in [-0.2, 0) is 0 Å². The molecule has 0 saturated carbocycles. The second kappa shape index (κ2) is 4.03. The topological polar surface area (TPSA) is 46.3 Å². The van der Waals surface area contributed by atoms with Crippen LogP contribution >= 0.6 is 0 Å². The van der Waals surface area contributed by atoms with Crippen molar-refractivity contribution in [2.75, 3.05) is 13.1 Å². The van der Waals surface area contributed by atoms with Gasteiger partial charge in [0.25, 0.3) is 5.91 Å². The smallest absolute Gasteiger partial charge is 0.253 e. The molecule has 1 aliphatic heterocycles. The summed E-state index contributed by atoms with van der Waals surface area (Å²) in [6.45, 7) is 3.49. The molecule has 1 aliphatic rings. The largest absolute Gasteiger partial charge is 0.337 e. The monoisotopic (exact) mass is 204 g/mol. The van der Waals surface area contributed by atoms with Crippen LogP contribution in [0.4, 0.5) is 0 Å². The highest BCUT2D eigenvalue weighted by atomic mass is 16.2. The Morgan fingerprint density at radius 2 is 2.07 bits per heavy atom. The molecule has 0 spiro atoms. The molecule has 0 bridgehead atoms. The number of aryl methyl sites for hydroxylation is 1. The molecule has 2 rings (SSSR count). The summed E-state index contributed by atoms with van der Waals surface area (Å²) in [7, 11) is 0. The van der Waals surface area contributed by atoms with E-state index in [1.807, 2.05) is 36.1 Å². The van der Waals surface area contributed by atoms with Gasteiger partial charge < -0.3 is 10.6 Å². The van der Waals surface area contributed by atoms with Gasteiger partial charge in [-0.3, -0.25) is 4.79 Å². The Kier molecular flexibility index (Phi) is 2.73. The zero-order valence-electron chi connectivity index (χ0n) is 8.94. The van der Waals surface area contributed by atoms with Crippen molar-refractivity contribution in [2.45, 2.75) is 19.4 Å². The third-order valence-corrected chi connectivity index (χ3v) is 2.81. The number of nitrogens with two attached hydrogens (primary N) is 1. The fourth-order valence-electron chi connectivity index (χ4n) is 1.85. The van der Waals surface area contributed by atoms with E-state index in [0.29, 0.717) is 6.54 Å². The first kappa shape index (κ1) is 10.2. The number of hydrogen-bond donors (Lipinski definition) is 1. The highest BCUT2D eigenvalue weighted by molar-refractivity contribution is 5.94. The Morgan fingerprint density at radius 3 is 2.60 bits per heavy atom. The number of likely N-dealkylation sites (tertiary alicyclic amines) is 1. The second-order valence-electron chi connectivity index (χ2n) is 4.17. The predicted octanol–water partition coefficient (Wildman–Crippen LogP) is 1.17. The Morgan fingerprint density at radius 1 is 1.40 bits per heavy atom. The van der Waals surface area contributed by atoms with Crippen LogP contribution < -0.4 is 5.73 Å². The SMILES string of the molecule is Cc1ccc(C(=O)N2CCC(N)C2)cc1. The van der Waals surface area contributed by atoms with Gasteiger partial charge in [-0.05, 0) is 25.5 Å². The van der Waals surface area contributed by atoms with Crippen molar-refractivity contribution in [3.05, 3.63) is 35.4 Å². The van der Waals surface area contributed by atoms with Crippen molar-refractivity contribution < 1.29 is 4.79 Å². The van der Waals surface area contributed by atoms with Crippen molar-refractivity contribution in [3.8, 4) is 0 Å². The van der Waals surface area contributed by atoms with Crippen LogP contribution in [0.15, 0.2) is 24.3 Å². The molecule has 2 N–H and O–H groups in total. The molecule has 1 unspecified atom stereocenters. The van der Waals surface area contributed by atoms with Crippen molar-refractivity contribution in [3.63, 3.8) is 0 Å². The van der Waals surface area contributed by atoms with Gasteiger partial charge >= 0.3 is 0 Å². The Hall–Kier alpha value is -1.35. The standard InChI is InChI=1S/C12H16N2O/c1-9-2-4-10(5-3-9)12(15)14-7-6-11(13)8-14/h2-5,11H,6-8,13H2,1H3.